The van der Waals surface area contributed by atoms with Crippen LogP contribution in [0.1, 0.15) is 33.3 Å². The SMILES string of the molecule is CC(C)NC(=O)Nc1cccc(COCCOC(C)C)c1. The van der Waals surface area contributed by atoms with E-state index < -0.39 is 0 Å². The van der Waals surface area contributed by atoms with Gasteiger partial charge in [0, 0.05) is 11.7 Å². The summed E-state index contributed by atoms with van der Waals surface area (Å²) >= 11 is 0. The van der Waals surface area contributed by atoms with E-state index in [0.29, 0.717) is 19.8 Å². The molecule has 0 heterocycles. The molecule has 0 aromatic heterocycles. The molecule has 0 aliphatic heterocycles. The molecule has 0 radical (unpaired) electrons. The average molecular weight is 294 g/mol. The van der Waals surface area contributed by atoms with Crippen LogP contribution in [0.2, 0.25) is 0 Å². The molecule has 0 fully saturated rings. The summed E-state index contributed by atoms with van der Waals surface area (Å²) in [7, 11) is 0. The van der Waals surface area contributed by atoms with Crippen molar-refractivity contribution in [2.45, 2.75) is 46.4 Å². The first-order valence-electron chi connectivity index (χ1n) is 7.33. The zero-order valence-electron chi connectivity index (χ0n) is 13.3. The molecule has 5 heteroatoms. The highest BCUT2D eigenvalue weighted by Gasteiger charge is 2.04. The van der Waals surface area contributed by atoms with Gasteiger partial charge in [-0.1, -0.05) is 12.1 Å². The number of rotatable bonds is 8. The zero-order chi connectivity index (χ0) is 15.7. The second-order valence-electron chi connectivity index (χ2n) is 5.43. The lowest BCUT2D eigenvalue weighted by Crippen LogP contribution is -2.34. The summed E-state index contributed by atoms with van der Waals surface area (Å²) in [6.45, 7) is 9.49. The summed E-state index contributed by atoms with van der Waals surface area (Å²) in [6.07, 6.45) is 0.223. The summed E-state index contributed by atoms with van der Waals surface area (Å²) < 4.78 is 10.9. The molecule has 0 aliphatic carbocycles. The number of ether oxygens (including phenoxy) is 2. The number of hydrogen-bond donors (Lipinski definition) is 2. The highest BCUT2D eigenvalue weighted by atomic mass is 16.5. The van der Waals surface area contributed by atoms with Gasteiger partial charge in [-0.3, -0.25) is 0 Å². The number of amides is 2. The van der Waals surface area contributed by atoms with Gasteiger partial charge in [-0.25, -0.2) is 4.79 Å². The molecule has 1 aromatic carbocycles. The normalized spacial score (nSPS) is 11.0. The molecule has 118 valence electrons. The van der Waals surface area contributed by atoms with Crippen molar-refractivity contribution in [3.63, 3.8) is 0 Å². The molecule has 2 N–H and O–H groups in total. The fourth-order valence-corrected chi connectivity index (χ4v) is 1.70. The summed E-state index contributed by atoms with van der Waals surface area (Å²) in [5, 5.41) is 5.58. The molecule has 0 bridgehead atoms. The van der Waals surface area contributed by atoms with Gasteiger partial charge < -0.3 is 20.1 Å². The molecule has 0 saturated carbocycles. The summed E-state index contributed by atoms with van der Waals surface area (Å²) in [5.41, 5.74) is 1.77. The first-order valence-corrected chi connectivity index (χ1v) is 7.33. The van der Waals surface area contributed by atoms with Crippen molar-refractivity contribution in [2.24, 2.45) is 0 Å². The van der Waals surface area contributed by atoms with E-state index in [4.69, 9.17) is 9.47 Å². The smallest absolute Gasteiger partial charge is 0.319 e. The second-order valence-corrected chi connectivity index (χ2v) is 5.43. The van der Waals surface area contributed by atoms with Crippen LogP contribution in [-0.2, 0) is 16.1 Å². The van der Waals surface area contributed by atoms with Crippen molar-refractivity contribution in [1.82, 2.24) is 5.32 Å². The van der Waals surface area contributed by atoms with E-state index in [2.05, 4.69) is 10.6 Å². The molecule has 2 amide bonds. The minimum absolute atomic E-state index is 0.109. The van der Waals surface area contributed by atoms with Gasteiger partial charge in [-0.2, -0.15) is 0 Å². The molecule has 0 atom stereocenters. The molecule has 5 nitrogen and oxygen atoms in total. The lowest BCUT2D eigenvalue weighted by Gasteiger charge is -2.11. The van der Waals surface area contributed by atoms with Gasteiger partial charge in [0.05, 0.1) is 25.9 Å². The predicted octanol–water partition coefficient (Wildman–Crippen LogP) is 3.16. The molecular weight excluding hydrogens is 268 g/mol. The summed E-state index contributed by atoms with van der Waals surface area (Å²) in [4.78, 5) is 11.6. The van der Waals surface area contributed by atoms with Gasteiger partial charge in [0.25, 0.3) is 0 Å². The number of anilines is 1. The third kappa shape index (κ3) is 8.32. The van der Waals surface area contributed by atoms with Crippen molar-refractivity contribution in [3.8, 4) is 0 Å². The van der Waals surface area contributed by atoms with E-state index in [1.807, 2.05) is 52.0 Å². The standard InChI is InChI=1S/C16H26N2O3/c1-12(2)17-16(19)18-15-7-5-6-14(10-15)11-20-8-9-21-13(3)4/h5-7,10,12-13H,8-9,11H2,1-4H3,(H2,17,18,19). The molecule has 0 aliphatic rings. The van der Waals surface area contributed by atoms with E-state index in [1.54, 1.807) is 0 Å². The highest BCUT2D eigenvalue weighted by Crippen LogP contribution is 2.11. The van der Waals surface area contributed by atoms with E-state index in [0.717, 1.165) is 11.3 Å². The van der Waals surface area contributed by atoms with E-state index >= 15 is 0 Å². The van der Waals surface area contributed by atoms with Gasteiger partial charge in [-0.05, 0) is 45.4 Å². The van der Waals surface area contributed by atoms with Gasteiger partial charge >= 0.3 is 6.03 Å². The minimum atomic E-state index is -0.201. The van der Waals surface area contributed by atoms with Crippen LogP contribution < -0.4 is 10.6 Å². The molecular formula is C16H26N2O3. The van der Waals surface area contributed by atoms with Crippen molar-refractivity contribution < 1.29 is 14.3 Å². The molecule has 0 spiro atoms. The third-order valence-electron chi connectivity index (χ3n) is 2.55. The van der Waals surface area contributed by atoms with Crippen molar-refractivity contribution >= 4 is 11.7 Å². The Morgan fingerprint density at radius 3 is 2.62 bits per heavy atom. The number of nitrogens with one attached hydrogen (secondary N) is 2. The molecule has 0 unspecified atom stereocenters. The lowest BCUT2D eigenvalue weighted by molar-refractivity contribution is 0.0143. The number of urea groups is 1. The van der Waals surface area contributed by atoms with Crippen LogP contribution in [0.4, 0.5) is 10.5 Å². The number of benzene rings is 1. The van der Waals surface area contributed by atoms with Crippen molar-refractivity contribution in [1.29, 1.82) is 0 Å². The maximum atomic E-state index is 11.6. The topological polar surface area (TPSA) is 59.6 Å². The molecule has 21 heavy (non-hydrogen) atoms. The summed E-state index contributed by atoms with van der Waals surface area (Å²) in [5.74, 6) is 0. The van der Waals surface area contributed by atoms with E-state index in [9.17, 15) is 4.79 Å². The number of carbonyl (C=O) groups excluding carboxylic acids is 1. The largest absolute Gasteiger partial charge is 0.376 e. The second kappa shape index (κ2) is 9.37. The Kier molecular flexibility index (Phi) is 7.79. The van der Waals surface area contributed by atoms with E-state index in [-0.39, 0.29) is 18.2 Å². The Labute approximate surface area is 127 Å². The Morgan fingerprint density at radius 1 is 1.19 bits per heavy atom. The average Bonchev–Trinajstić information content (AvgIpc) is 2.37. The van der Waals surface area contributed by atoms with Crippen molar-refractivity contribution in [2.75, 3.05) is 18.5 Å². The Balaban J connectivity index is 2.36. The van der Waals surface area contributed by atoms with Crippen LogP contribution in [0, 0.1) is 0 Å². The molecule has 0 saturated heterocycles. The number of hydrogen-bond acceptors (Lipinski definition) is 3. The third-order valence-corrected chi connectivity index (χ3v) is 2.55. The lowest BCUT2D eigenvalue weighted by atomic mass is 10.2. The first kappa shape index (κ1) is 17.5. The van der Waals surface area contributed by atoms with Gasteiger partial charge in [0.1, 0.15) is 0 Å². The fourth-order valence-electron chi connectivity index (χ4n) is 1.70. The Bertz CT molecular complexity index is 433. The van der Waals surface area contributed by atoms with Crippen LogP contribution in [0.3, 0.4) is 0 Å². The van der Waals surface area contributed by atoms with Crippen LogP contribution >= 0.6 is 0 Å². The predicted molar refractivity (Wildman–Crippen MR) is 84.5 cm³/mol. The van der Waals surface area contributed by atoms with Gasteiger partial charge in [0.2, 0.25) is 0 Å². The van der Waals surface area contributed by atoms with Gasteiger partial charge in [-0.15, -0.1) is 0 Å². The van der Waals surface area contributed by atoms with Crippen LogP contribution in [0.5, 0.6) is 0 Å². The zero-order valence-corrected chi connectivity index (χ0v) is 13.3. The monoisotopic (exact) mass is 294 g/mol. The Hall–Kier alpha value is -1.59. The molecule has 1 rings (SSSR count). The van der Waals surface area contributed by atoms with Crippen LogP contribution in [0.15, 0.2) is 24.3 Å². The number of carbonyl (C=O) groups is 1. The minimum Gasteiger partial charge on any atom is -0.376 e. The maximum Gasteiger partial charge on any atom is 0.319 e. The fraction of sp³-hybridized carbons (Fsp3) is 0.562. The highest BCUT2D eigenvalue weighted by molar-refractivity contribution is 5.89. The first-order chi connectivity index (χ1) is 9.97. The van der Waals surface area contributed by atoms with Crippen LogP contribution in [-0.4, -0.2) is 31.4 Å². The maximum absolute atomic E-state index is 11.6. The van der Waals surface area contributed by atoms with Crippen LogP contribution in [0.25, 0.3) is 0 Å². The van der Waals surface area contributed by atoms with E-state index in [1.165, 1.54) is 0 Å². The van der Waals surface area contributed by atoms with Gasteiger partial charge in [0.15, 0.2) is 0 Å². The summed E-state index contributed by atoms with van der Waals surface area (Å²) in [6, 6.07) is 7.53. The Morgan fingerprint density at radius 2 is 1.95 bits per heavy atom. The quantitative estimate of drug-likeness (QED) is 0.724. The molecule has 1 aromatic rings. The van der Waals surface area contributed by atoms with Crippen molar-refractivity contribution in [3.05, 3.63) is 29.8 Å².